The molecular formula is C13H17F5O3. The molecule has 0 aromatic rings. The van der Waals surface area contributed by atoms with Crippen LogP contribution < -0.4 is 0 Å². The highest BCUT2D eigenvalue weighted by Crippen LogP contribution is 2.67. The van der Waals surface area contributed by atoms with Crippen molar-refractivity contribution >= 4 is 0 Å². The van der Waals surface area contributed by atoms with Crippen LogP contribution in [0, 0.1) is 23.7 Å². The predicted molar refractivity (Wildman–Crippen MR) is 60.2 cm³/mol. The van der Waals surface area contributed by atoms with E-state index in [0.29, 0.717) is 6.42 Å². The summed E-state index contributed by atoms with van der Waals surface area (Å²) in [5.41, 5.74) is -3.01. The Morgan fingerprint density at radius 2 is 1.52 bits per heavy atom. The minimum atomic E-state index is -5.94. The Labute approximate surface area is 117 Å². The van der Waals surface area contributed by atoms with Crippen molar-refractivity contribution in [1.82, 2.24) is 0 Å². The summed E-state index contributed by atoms with van der Waals surface area (Å²) in [6.45, 7) is 0. The molecule has 3 rings (SSSR count). The zero-order valence-electron chi connectivity index (χ0n) is 11.1. The molecule has 0 aromatic carbocycles. The van der Waals surface area contributed by atoms with Gasteiger partial charge >= 0.3 is 17.9 Å². The monoisotopic (exact) mass is 316 g/mol. The average Bonchev–Trinajstić information content (AvgIpc) is 2.96. The third-order valence-corrected chi connectivity index (χ3v) is 5.87. The smallest absolute Gasteiger partial charge is 0.383 e. The Balaban J connectivity index is 1.96. The molecule has 3 saturated carbocycles. The molecule has 3 aliphatic rings. The fourth-order valence-electron chi connectivity index (χ4n) is 4.95. The fraction of sp³-hybridized carbons (Fsp3) is 1.00. The van der Waals surface area contributed by atoms with Gasteiger partial charge in [-0.3, -0.25) is 0 Å². The lowest BCUT2D eigenvalue weighted by molar-refractivity contribution is -0.447. The second-order valence-corrected chi connectivity index (χ2v) is 6.73. The molecule has 5 atom stereocenters. The topological polar surface area (TPSA) is 60.7 Å². The molecule has 21 heavy (non-hydrogen) atoms. The SMILES string of the molecule is OC1(C(F)(F)C(O)(O)C(F)(F)F)CC2CC1C1CCCC21. The van der Waals surface area contributed by atoms with Crippen molar-refractivity contribution in [1.29, 1.82) is 0 Å². The summed E-state index contributed by atoms with van der Waals surface area (Å²) in [5, 5.41) is 28.3. The largest absolute Gasteiger partial charge is 0.449 e. The van der Waals surface area contributed by atoms with Crippen LogP contribution in [-0.4, -0.2) is 38.8 Å². The Hall–Kier alpha value is -0.470. The second kappa shape index (κ2) is 4.08. The van der Waals surface area contributed by atoms with Crippen LogP contribution in [0.4, 0.5) is 22.0 Å². The van der Waals surface area contributed by atoms with E-state index < -0.39 is 35.8 Å². The van der Waals surface area contributed by atoms with Crippen molar-refractivity contribution in [2.24, 2.45) is 23.7 Å². The summed E-state index contributed by atoms with van der Waals surface area (Å²) in [5.74, 6) is -11.6. The summed E-state index contributed by atoms with van der Waals surface area (Å²) in [7, 11) is 0. The molecule has 0 spiro atoms. The number of fused-ring (bicyclic) bond motifs is 5. The maximum atomic E-state index is 14.2. The van der Waals surface area contributed by atoms with Crippen LogP contribution in [0.1, 0.15) is 32.1 Å². The first-order chi connectivity index (χ1) is 9.43. The minimum Gasteiger partial charge on any atom is -0.383 e. The maximum Gasteiger partial charge on any atom is 0.449 e. The van der Waals surface area contributed by atoms with Gasteiger partial charge in [-0.15, -0.1) is 0 Å². The average molecular weight is 316 g/mol. The molecule has 8 heteroatoms. The molecule has 122 valence electrons. The van der Waals surface area contributed by atoms with Crippen LogP contribution >= 0.6 is 0 Å². The normalized spacial score (nSPS) is 43.4. The van der Waals surface area contributed by atoms with Gasteiger partial charge in [0.15, 0.2) is 0 Å². The molecule has 3 N–H and O–H groups in total. The molecule has 0 heterocycles. The van der Waals surface area contributed by atoms with E-state index in [1.807, 2.05) is 0 Å². The van der Waals surface area contributed by atoms with Gasteiger partial charge in [0, 0.05) is 0 Å². The van der Waals surface area contributed by atoms with E-state index in [2.05, 4.69) is 0 Å². The summed E-state index contributed by atoms with van der Waals surface area (Å²) in [6.07, 6.45) is -3.97. The molecule has 2 bridgehead atoms. The highest BCUT2D eigenvalue weighted by molar-refractivity contribution is 5.18. The van der Waals surface area contributed by atoms with Gasteiger partial charge in [0.25, 0.3) is 0 Å². The summed E-state index contributed by atoms with van der Waals surface area (Å²) in [4.78, 5) is 0. The van der Waals surface area contributed by atoms with Crippen molar-refractivity contribution in [3.8, 4) is 0 Å². The molecule has 3 fully saturated rings. The van der Waals surface area contributed by atoms with Gasteiger partial charge < -0.3 is 15.3 Å². The molecule has 3 nitrogen and oxygen atoms in total. The summed E-state index contributed by atoms with van der Waals surface area (Å²) >= 11 is 0. The number of hydrogen-bond acceptors (Lipinski definition) is 3. The van der Waals surface area contributed by atoms with Gasteiger partial charge in [-0.1, -0.05) is 6.42 Å². The second-order valence-electron chi connectivity index (χ2n) is 6.73. The van der Waals surface area contributed by atoms with Gasteiger partial charge in [-0.25, -0.2) is 0 Å². The van der Waals surface area contributed by atoms with Crippen LogP contribution in [-0.2, 0) is 0 Å². The van der Waals surface area contributed by atoms with E-state index in [9.17, 15) is 27.1 Å². The first-order valence-corrected chi connectivity index (χ1v) is 7.05. The van der Waals surface area contributed by atoms with E-state index in [-0.39, 0.29) is 24.2 Å². The lowest BCUT2D eigenvalue weighted by Gasteiger charge is -2.47. The van der Waals surface area contributed by atoms with E-state index in [4.69, 9.17) is 10.2 Å². The first kappa shape index (κ1) is 15.4. The number of aliphatic hydroxyl groups is 3. The van der Waals surface area contributed by atoms with Crippen molar-refractivity contribution in [2.45, 2.75) is 55.6 Å². The van der Waals surface area contributed by atoms with Crippen molar-refractivity contribution < 1.29 is 37.3 Å². The van der Waals surface area contributed by atoms with Crippen LogP contribution in [0.2, 0.25) is 0 Å². The van der Waals surface area contributed by atoms with E-state index in [0.717, 1.165) is 12.8 Å². The third-order valence-electron chi connectivity index (χ3n) is 5.87. The van der Waals surface area contributed by atoms with Gasteiger partial charge in [-0.2, -0.15) is 22.0 Å². The quantitative estimate of drug-likeness (QED) is 0.540. The standard InChI is InChI=1S/C13H17F5O3/c14-11(15,12(20,21)13(16,17)18)10(19)5-6-4-9(10)8-3-1-2-7(6)8/h6-9,19-21H,1-5H2. The number of alkyl halides is 5. The van der Waals surface area contributed by atoms with Crippen LogP contribution in [0.15, 0.2) is 0 Å². The lowest BCUT2D eigenvalue weighted by Crippen LogP contribution is -2.70. The molecule has 5 unspecified atom stereocenters. The zero-order chi connectivity index (χ0) is 15.8. The Morgan fingerprint density at radius 3 is 2.10 bits per heavy atom. The summed E-state index contributed by atoms with van der Waals surface area (Å²) in [6, 6.07) is 0. The van der Waals surface area contributed by atoms with E-state index in [1.54, 1.807) is 0 Å². The number of halogens is 5. The van der Waals surface area contributed by atoms with Gasteiger partial charge in [0.05, 0.1) is 0 Å². The Morgan fingerprint density at radius 1 is 0.952 bits per heavy atom. The van der Waals surface area contributed by atoms with E-state index >= 15 is 0 Å². The molecule has 0 amide bonds. The molecule has 0 aliphatic heterocycles. The van der Waals surface area contributed by atoms with Crippen LogP contribution in [0.25, 0.3) is 0 Å². The van der Waals surface area contributed by atoms with Crippen LogP contribution in [0.3, 0.4) is 0 Å². The predicted octanol–water partition coefficient (Wildman–Crippen LogP) is 2.05. The molecule has 0 aromatic heterocycles. The van der Waals surface area contributed by atoms with Gasteiger partial charge in [0.1, 0.15) is 5.60 Å². The minimum absolute atomic E-state index is 0.170. The molecule has 0 radical (unpaired) electrons. The number of hydrogen-bond donors (Lipinski definition) is 3. The Bertz CT molecular complexity index is 450. The van der Waals surface area contributed by atoms with Gasteiger partial charge in [-0.05, 0) is 49.4 Å². The highest BCUT2D eigenvalue weighted by atomic mass is 19.4. The van der Waals surface area contributed by atoms with Crippen molar-refractivity contribution in [3.05, 3.63) is 0 Å². The molecule has 0 saturated heterocycles. The third kappa shape index (κ3) is 1.69. The maximum absolute atomic E-state index is 14.2. The van der Waals surface area contributed by atoms with Crippen molar-refractivity contribution in [2.75, 3.05) is 0 Å². The Kier molecular flexibility index (Phi) is 3.00. The van der Waals surface area contributed by atoms with Gasteiger partial charge in [0.2, 0.25) is 0 Å². The van der Waals surface area contributed by atoms with Crippen LogP contribution in [0.5, 0.6) is 0 Å². The molecular weight excluding hydrogens is 299 g/mol. The highest BCUT2D eigenvalue weighted by Gasteiger charge is 2.80. The van der Waals surface area contributed by atoms with Crippen molar-refractivity contribution in [3.63, 3.8) is 0 Å². The fourth-order valence-corrected chi connectivity index (χ4v) is 4.95. The zero-order valence-corrected chi connectivity index (χ0v) is 11.1. The number of rotatable bonds is 2. The lowest BCUT2D eigenvalue weighted by atomic mass is 9.68. The van der Waals surface area contributed by atoms with E-state index in [1.165, 1.54) is 0 Å². The molecule has 3 aliphatic carbocycles. The first-order valence-electron chi connectivity index (χ1n) is 7.05. The summed E-state index contributed by atoms with van der Waals surface area (Å²) < 4.78 is 66.2.